The minimum atomic E-state index is 0.0288. The maximum atomic E-state index is 13.0. The maximum absolute atomic E-state index is 13.0. The van der Waals surface area contributed by atoms with E-state index in [1.807, 2.05) is 36.4 Å². The van der Waals surface area contributed by atoms with Gasteiger partial charge in [-0.15, -0.1) is 5.10 Å². The zero-order valence-corrected chi connectivity index (χ0v) is 13.8. The smallest absolute Gasteiger partial charge is 0.199 e. The monoisotopic (exact) mass is 321 g/mol. The summed E-state index contributed by atoms with van der Waals surface area (Å²) in [6.45, 7) is 1.81. The molecule has 0 atom stereocenters. The highest BCUT2D eigenvalue weighted by molar-refractivity contribution is 6.06. The van der Waals surface area contributed by atoms with Crippen LogP contribution in [0.5, 0.6) is 0 Å². The number of para-hydroxylation sites is 1. The maximum Gasteiger partial charge on any atom is 0.199 e. The Balaban J connectivity index is 1.88. The van der Waals surface area contributed by atoms with Crippen LogP contribution in [0.2, 0.25) is 0 Å². The molecule has 0 bridgehead atoms. The fraction of sp³-hybridized carbons (Fsp3) is 0.278. The van der Waals surface area contributed by atoms with Crippen molar-refractivity contribution < 1.29 is 0 Å². The molecule has 1 N–H and O–H groups in total. The molecule has 0 spiro atoms. The van der Waals surface area contributed by atoms with E-state index in [0.29, 0.717) is 10.8 Å². The molecule has 2 aromatic carbocycles. The number of aromatic nitrogens is 3. The van der Waals surface area contributed by atoms with Crippen LogP contribution in [0.1, 0.15) is 6.42 Å². The second-order valence-electron chi connectivity index (χ2n) is 6.29. The van der Waals surface area contributed by atoms with Gasteiger partial charge in [-0.05, 0) is 51.3 Å². The van der Waals surface area contributed by atoms with Crippen molar-refractivity contribution in [3.8, 4) is 0 Å². The molecule has 4 aromatic rings. The van der Waals surface area contributed by atoms with Gasteiger partial charge in [0, 0.05) is 17.6 Å². The zero-order chi connectivity index (χ0) is 16.7. The molecule has 0 aliphatic heterocycles. The summed E-state index contributed by atoms with van der Waals surface area (Å²) in [5.74, 6) is 0. The number of benzene rings is 2. The molecule has 0 radical (unpaired) electrons. The summed E-state index contributed by atoms with van der Waals surface area (Å²) in [7, 11) is 4.11. The molecule has 0 aliphatic rings. The van der Waals surface area contributed by atoms with Gasteiger partial charge in [0.25, 0.3) is 0 Å². The first kappa shape index (κ1) is 14.8. The Morgan fingerprint density at radius 1 is 1.17 bits per heavy atom. The van der Waals surface area contributed by atoms with Gasteiger partial charge in [0.05, 0.1) is 10.9 Å². The van der Waals surface area contributed by atoms with Gasteiger partial charge in [-0.3, -0.25) is 4.79 Å². The van der Waals surface area contributed by atoms with E-state index in [1.165, 1.54) is 0 Å². The molecule has 6 heteroatoms. The average Bonchev–Trinajstić information content (AvgIpc) is 3.01. The molecule has 24 heavy (non-hydrogen) atoms. The second kappa shape index (κ2) is 5.72. The third kappa shape index (κ3) is 2.27. The lowest BCUT2D eigenvalue weighted by Crippen LogP contribution is -2.17. The fourth-order valence-corrected chi connectivity index (χ4v) is 3.16. The lowest BCUT2D eigenvalue weighted by molar-refractivity contribution is 0.405. The van der Waals surface area contributed by atoms with E-state index < -0.39 is 0 Å². The van der Waals surface area contributed by atoms with Crippen LogP contribution in [-0.2, 0) is 0 Å². The number of pyridine rings is 1. The van der Waals surface area contributed by atoms with Crippen molar-refractivity contribution in [1.82, 2.24) is 19.7 Å². The van der Waals surface area contributed by atoms with Crippen LogP contribution in [-0.4, -0.2) is 46.9 Å². The number of anilines is 1. The summed E-state index contributed by atoms with van der Waals surface area (Å²) in [5, 5.41) is 13.2. The van der Waals surface area contributed by atoms with E-state index in [9.17, 15) is 4.79 Å². The topological polar surface area (TPSA) is 62.5 Å². The van der Waals surface area contributed by atoms with E-state index in [-0.39, 0.29) is 5.43 Å². The number of nitrogens with one attached hydrogen (secondary N) is 1. The molecular weight excluding hydrogens is 302 g/mol. The molecule has 122 valence electrons. The lowest BCUT2D eigenvalue weighted by Gasteiger charge is -2.12. The largest absolute Gasteiger partial charge is 0.384 e. The van der Waals surface area contributed by atoms with Gasteiger partial charge in [-0.25, -0.2) is 4.52 Å². The van der Waals surface area contributed by atoms with Crippen molar-refractivity contribution in [3.63, 3.8) is 0 Å². The van der Waals surface area contributed by atoms with Crippen LogP contribution in [0.4, 0.5) is 5.69 Å². The van der Waals surface area contributed by atoms with Gasteiger partial charge in [-0.2, -0.15) is 0 Å². The quantitative estimate of drug-likeness (QED) is 0.451. The van der Waals surface area contributed by atoms with Crippen molar-refractivity contribution in [2.45, 2.75) is 6.42 Å². The molecule has 0 unspecified atom stereocenters. The first-order valence-corrected chi connectivity index (χ1v) is 8.08. The number of rotatable bonds is 5. The highest BCUT2D eigenvalue weighted by Gasteiger charge is 2.16. The van der Waals surface area contributed by atoms with Gasteiger partial charge in [-0.1, -0.05) is 17.3 Å². The third-order valence-electron chi connectivity index (χ3n) is 4.31. The third-order valence-corrected chi connectivity index (χ3v) is 4.31. The Morgan fingerprint density at radius 2 is 2.00 bits per heavy atom. The van der Waals surface area contributed by atoms with Crippen LogP contribution < -0.4 is 10.7 Å². The average molecular weight is 321 g/mol. The predicted molar refractivity (Wildman–Crippen MR) is 97.1 cm³/mol. The molecular formula is C18H19N5O. The molecule has 0 amide bonds. The normalized spacial score (nSPS) is 12.0. The lowest BCUT2D eigenvalue weighted by atomic mass is 10.1. The molecule has 0 saturated heterocycles. The molecule has 2 aromatic heterocycles. The van der Waals surface area contributed by atoms with Crippen molar-refractivity contribution >= 4 is 33.0 Å². The van der Waals surface area contributed by atoms with Crippen molar-refractivity contribution in [2.24, 2.45) is 0 Å². The second-order valence-corrected chi connectivity index (χ2v) is 6.29. The predicted octanol–water partition coefficient (Wildman–Crippen LogP) is 2.20. The number of fused-ring (bicyclic) bond motifs is 2. The SMILES string of the molecule is CN(C)CCCNc1ccc2nnn3c4ccccc4c(=O)c1c23. The number of hydrogen-bond donors (Lipinski definition) is 1. The molecule has 0 aliphatic carbocycles. The summed E-state index contributed by atoms with van der Waals surface area (Å²) in [6, 6.07) is 11.4. The Morgan fingerprint density at radius 3 is 2.83 bits per heavy atom. The Bertz CT molecular complexity index is 1070. The van der Waals surface area contributed by atoms with Gasteiger partial charge in [0.2, 0.25) is 0 Å². The first-order valence-electron chi connectivity index (χ1n) is 8.08. The Kier molecular flexibility index (Phi) is 3.54. The molecule has 2 heterocycles. The number of nitrogens with zero attached hydrogens (tertiary/aromatic N) is 4. The summed E-state index contributed by atoms with van der Waals surface area (Å²) >= 11 is 0. The van der Waals surface area contributed by atoms with Crippen LogP contribution in [0.3, 0.4) is 0 Å². The van der Waals surface area contributed by atoms with Crippen molar-refractivity contribution in [2.75, 3.05) is 32.5 Å². The minimum absolute atomic E-state index is 0.0288. The summed E-state index contributed by atoms with van der Waals surface area (Å²) in [5.41, 5.74) is 3.20. The van der Waals surface area contributed by atoms with E-state index >= 15 is 0 Å². The molecule has 4 rings (SSSR count). The van der Waals surface area contributed by atoms with Gasteiger partial charge in [0.15, 0.2) is 5.43 Å². The van der Waals surface area contributed by atoms with E-state index in [4.69, 9.17) is 0 Å². The number of hydrogen-bond acceptors (Lipinski definition) is 5. The Hall–Kier alpha value is -2.73. The van der Waals surface area contributed by atoms with Gasteiger partial charge in [0.1, 0.15) is 11.0 Å². The zero-order valence-electron chi connectivity index (χ0n) is 13.8. The minimum Gasteiger partial charge on any atom is -0.384 e. The summed E-state index contributed by atoms with van der Waals surface area (Å²) < 4.78 is 1.77. The molecule has 0 fully saturated rings. The molecule has 6 nitrogen and oxygen atoms in total. The highest BCUT2D eigenvalue weighted by Crippen LogP contribution is 2.27. The fourth-order valence-electron chi connectivity index (χ4n) is 3.16. The Labute approximate surface area is 139 Å². The van der Waals surface area contributed by atoms with Crippen molar-refractivity contribution in [3.05, 3.63) is 46.6 Å². The molecule has 0 saturated carbocycles. The highest BCUT2D eigenvalue weighted by atomic mass is 16.1. The van der Waals surface area contributed by atoms with Crippen LogP contribution in [0, 0.1) is 0 Å². The summed E-state index contributed by atoms with van der Waals surface area (Å²) in [6.07, 6.45) is 1.01. The van der Waals surface area contributed by atoms with Gasteiger partial charge >= 0.3 is 0 Å². The van der Waals surface area contributed by atoms with E-state index in [0.717, 1.165) is 41.7 Å². The standard InChI is InChI=1S/C18H19N5O/c1-22(2)11-5-10-19-13-8-9-14-17-16(13)18(24)12-6-3-4-7-15(12)23(17)21-20-14/h3-4,6-9,19H,5,10-11H2,1-2H3. The first-order chi connectivity index (χ1) is 11.7. The van der Waals surface area contributed by atoms with E-state index in [1.54, 1.807) is 4.52 Å². The summed E-state index contributed by atoms with van der Waals surface area (Å²) in [4.78, 5) is 15.2. The van der Waals surface area contributed by atoms with Crippen molar-refractivity contribution in [1.29, 1.82) is 0 Å². The van der Waals surface area contributed by atoms with Crippen LogP contribution in [0.15, 0.2) is 41.2 Å². The van der Waals surface area contributed by atoms with Crippen LogP contribution in [0.25, 0.3) is 27.3 Å². The van der Waals surface area contributed by atoms with E-state index in [2.05, 4.69) is 34.6 Å². The van der Waals surface area contributed by atoms with Crippen LogP contribution >= 0.6 is 0 Å². The van der Waals surface area contributed by atoms with Gasteiger partial charge < -0.3 is 10.2 Å².